The van der Waals surface area contributed by atoms with Crippen LogP contribution in [0.15, 0.2) is 0 Å². The van der Waals surface area contributed by atoms with E-state index in [9.17, 15) is 4.79 Å². The van der Waals surface area contributed by atoms with E-state index in [1.165, 1.54) is 6.92 Å². The van der Waals surface area contributed by atoms with Gasteiger partial charge in [0.25, 0.3) is 0 Å². The monoisotopic (exact) mass is 179 g/mol. The highest BCUT2D eigenvalue weighted by atomic mass is 16.1. The number of hydrogen-bond acceptors (Lipinski definition) is 3. The molecule has 0 aromatic carbocycles. The van der Waals surface area contributed by atoms with Crippen LogP contribution >= 0.6 is 0 Å². The number of aromatic nitrogens is 2. The molecule has 1 aliphatic heterocycles. The molecule has 0 bridgehead atoms. The standard InChI is InChI=1S/C9H13N3O/c1-5-3-4-12-9(5)7(10)8(11-12)6(2)13/h5H,3-4,10H2,1-2H3. The molecule has 1 atom stereocenters. The highest BCUT2D eigenvalue weighted by molar-refractivity contribution is 5.97. The fourth-order valence-corrected chi connectivity index (χ4v) is 1.89. The van der Waals surface area contributed by atoms with Crippen molar-refractivity contribution in [2.45, 2.75) is 32.7 Å². The number of ketones is 1. The van der Waals surface area contributed by atoms with Gasteiger partial charge in [0.1, 0.15) is 0 Å². The van der Waals surface area contributed by atoms with Crippen LogP contribution in [0.5, 0.6) is 0 Å². The zero-order chi connectivity index (χ0) is 9.59. The first-order valence-electron chi connectivity index (χ1n) is 4.48. The van der Waals surface area contributed by atoms with Crippen LogP contribution in [0.2, 0.25) is 0 Å². The molecule has 1 aliphatic rings. The molecule has 1 aromatic rings. The average molecular weight is 179 g/mol. The van der Waals surface area contributed by atoms with E-state index in [4.69, 9.17) is 5.73 Å². The van der Waals surface area contributed by atoms with Crippen LogP contribution < -0.4 is 5.73 Å². The number of Topliss-reactive ketones (excluding diaryl/α,β-unsaturated/α-hetero) is 1. The van der Waals surface area contributed by atoms with Crippen LogP contribution in [0, 0.1) is 0 Å². The molecule has 0 saturated carbocycles. The largest absolute Gasteiger partial charge is 0.395 e. The van der Waals surface area contributed by atoms with Gasteiger partial charge in [-0.2, -0.15) is 5.10 Å². The molecule has 2 rings (SSSR count). The summed E-state index contributed by atoms with van der Waals surface area (Å²) in [5.74, 6) is 0.382. The van der Waals surface area contributed by atoms with Crippen LogP contribution in [0.25, 0.3) is 0 Å². The summed E-state index contributed by atoms with van der Waals surface area (Å²) < 4.78 is 1.86. The quantitative estimate of drug-likeness (QED) is 0.658. The van der Waals surface area contributed by atoms with E-state index in [1.807, 2.05) is 4.68 Å². The predicted molar refractivity (Wildman–Crippen MR) is 49.7 cm³/mol. The summed E-state index contributed by atoms with van der Waals surface area (Å²) in [5, 5.41) is 4.18. The summed E-state index contributed by atoms with van der Waals surface area (Å²) in [7, 11) is 0. The van der Waals surface area contributed by atoms with Gasteiger partial charge < -0.3 is 5.73 Å². The summed E-state index contributed by atoms with van der Waals surface area (Å²) in [5.41, 5.74) is 7.89. The summed E-state index contributed by atoms with van der Waals surface area (Å²) in [6.07, 6.45) is 1.07. The average Bonchev–Trinajstić information content (AvgIpc) is 2.55. The number of rotatable bonds is 1. The minimum absolute atomic E-state index is 0.0494. The van der Waals surface area contributed by atoms with Gasteiger partial charge in [-0.3, -0.25) is 9.48 Å². The van der Waals surface area contributed by atoms with E-state index in [2.05, 4.69) is 12.0 Å². The molecule has 0 saturated heterocycles. The first kappa shape index (κ1) is 8.29. The third-order valence-corrected chi connectivity index (χ3v) is 2.60. The fourth-order valence-electron chi connectivity index (χ4n) is 1.89. The first-order valence-corrected chi connectivity index (χ1v) is 4.48. The van der Waals surface area contributed by atoms with Crippen LogP contribution in [0.4, 0.5) is 5.69 Å². The Kier molecular flexibility index (Phi) is 1.65. The van der Waals surface area contributed by atoms with Gasteiger partial charge in [-0.05, 0) is 6.42 Å². The second-order valence-electron chi connectivity index (χ2n) is 3.62. The first-order chi connectivity index (χ1) is 6.11. The maximum atomic E-state index is 11.1. The lowest BCUT2D eigenvalue weighted by atomic mass is 10.1. The van der Waals surface area contributed by atoms with Crippen molar-refractivity contribution >= 4 is 11.5 Å². The fraction of sp³-hybridized carbons (Fsp3) is 0.556. The normalized spacial score (nSPS) is 20.3. The van der Waals surface area contributed by atoms with Crippen molar-refractivity contribution in [3.63, 3.8) is 0 Å². The zero-order valence-corrected chi connectivity index (χ0v) is 7.87. The zero-order valence-electron chi connectivity index (χ0n) is 7.87. The van der Waals surface area contributed by atoms with Gasteiger partial charge in [-0.15, -0.1) is 0 Å². The van der Waals surface area contributed by atoms with Crippen molar-refractivity contribution in [1.29, 1.82) is 0 Å². The van der Waals surface area contributed by atoms with Gasteiger partial charge in [-0.25, -0.2) is 0 Å². The maximum Gasteiger partial charge on any atom is 0.182 e. The second kappa shape index (κ2) is 2.58. The van der Waals surface area contributed by atoms with Gasteiger partial charge in [0, 0.05) is 19.4 Å². The molecule has 13 heavy (non-hydrogen) atoms. The third kappa shape index (κ3) is 1.05. The Hall–Kier alpha value is -1.32. The second-order valence-corrected chi connectivity index (χ2v) is 3.62. The van der Waals surface area contributed by atoms with E-state index < -0.39 is 0 Å². The number of nitrogens with two attached hydrogens (primary N) is 1. The molecular weight excluding hydrogens is 166 g/mol. The summed E-state index contributed by atoms with van der Waals surface area (Å²) in [6.45, 7) is 4.49. The number of fused-ring (bicyclic) bond motifs is 1. The van der Waals surface area contributed by atoms with E-state index >= 15 is 0 Å². The molecule has 2 heterocycles. The molecule has 2 N–H and O–H groups in total. The molecule has 0 radical (unpaired) electrons. The van der Waals surface area contributed by atoms with Crippen molar-refractivity contribution in [2.75, 3.05) is 5.73 Å². The molecule has 1 aromatic heterocycles. The Labute approximate surface area is 76.7 Å². The van der Waals surface area contributed by atoms with Gasteiger partial charge in [0.15, 0.2) is 11.5 Å². The van der Waals surface area contributed by atoms with Crippen LogP contribution in [-0.2, 0) is 6.54 Å². The Morgan fingerprint density at radius 1 is 1.69 bits per heavy atom. The van der Waals surface area contributed by atoms with Crippen molar-refractivity contribution in [2.24, 2.45) is 0 Å². The molecular formula is C9H13N3O. The Morgan fingerprint density at radius 3 is 2.92 bits per heavy atom. The van der Waals surface area contributed by atoms with Crippen LogP contribution in [0.3, 0.4) is 0 Å². The van der Waals surface area contributed by atoms with Crippen molar-refractivity contribution in [3.8, 4) is 0 Å². The third-order valence-electron chi connectivity index (χ3n) is 2.60. The van der Waals surface area contributed by atoms with E-state index in [-0.39, 0.29) is 5.78 Å². The summed E-state index contributed by atoms with van der Waals surface area (Å²) >= 11 is 0. The van der Waals surface area contributed by atoms with Gasteiger partial charge >= 0.3 is 0 Å². The topological polar surface area (TPSA) is 60.9 Å². The number of nitrogens with zero attached hydrogens (tertiary/aromatic N) is 2. The van der Waals surface area contributed by atoms with Crippen molar-refractivity contribution < 1.29 is 4.79 Å². The molecule has 4 heteroatoms. The Balaban J connectivity index is 2.56. The molecule has 0 fully saturated rings. The molecule has 0 spiro atoms. The number of carbonyl (C=O) groups excluding carboxylic acids is 1. The number of hydrogen-bond donors (Lipinski definition) is 1. The van der Waals surface area contributed by atoms with Gasteiger partial charge in [0.2, 0.25) is 0 Å². The minimum atomic E-state index is -0.0494. The molecule has 0 amide bonds. The van der Waals surface area contributed by atoms with E-state index in [0.717, 1.165) is 18.7 Å². The molecule has 1 unspecified atom stereocenters. The minimum Gasteiger partial charge on any atom is -0.395 e. The molecule has 70 valence electrons. The Bertz CT molecular complexity index is 367. The molecule has 4 nitrogen and oxygen atoms in total. The number of anilines is 1. The highest BCUT2D eigenvalue weighted by Gasteiger charge is 2.26. The van der Waals surface area contributed by atoms with Crippen molar-refractivity contribution in [3.05, 3.63) is 11.4 Å². The SMILES string of the molecule is CC(=O)c1nn2c(c1N)C(C)CC2. The lowest BCUT2D eigenvalue weighted by molar-refractivity contribution is 0.101. The smallest absolute Gasteiger partial charge is 0.182 e. The van der Waals surface area contributed by atoms with E-state index in [1.54, 1.807) is 0 Å². The summed E-state index contributed by atoms with van der Waals surface area (Å²) in [4.78, 5) is 11.1. The van der Waals surface area contributed by atoms with E-state index in [0.29, 0.717) is 17.3 Å². The number of nitrogen functional groups attached to an aromatic ring is 1. The number of carbonyl (C=O) groups is 1. The lowest BCUT2D eigenvalue weighted by Crippen LogP contribution is -2.01. The lowest BCUT2D eigenvalue weighted by Gasteiger charge is -2.00. The van der Waals surface area contributed by atoms with Crippen LogP contribution in [0.1, 0.15) is 42.4 Å². The molecule has 0 aliphatic carbocycles. The Morgan fingerprint density at radius 2 is 2.38 bits per heavy atom. The van der Waals surface area contributed by atoms with Gasteiger partial charge in [-0.1, -0.05) is 6.92 Å². The van der Waals surface area contributed by atoms with Crippen molar-refractivity contribution in [1.82, 2.24) is 9.78 Å². The highest BCUT2D eigenvalue weighted by Crippen LogP contribution is 2.33. The van der Waals surface area contributed by atoms with Gasteiger partial charge in [0.05, 0.1) is 11.4 Å². The predicted octanol–water partition coefficient (Wildman–Crippen LogP) is 1.18. The number of aryl methyl sites for hydroxylation is 1. The summed E-state index contributed by atoms with van der Waals surface area (Å²) in [6, 6.07) is 0. The maximum absolute atomic E-state index is 11.1. The van der Waals surface area contributed by atoms with Crippen LogP contribution in [-0.4, -0.2) is 15.6 Å².